The summed E-state index contributed by atoms with van der Waals surface area (Å²) in [5.74, 6) is 0.153. The Hall–Kier alpha value is -0.766. The molecule has 1 saturated heterocycles. The zero-order chi connectivity index (χ0) is 17.5. The molecule has 0 aliphatic carbocycles. The second kappa shape index (κ2) is 10.5. The van der Waals surface area contributed by atoms with Gasteiger partial charge in [-0.15, -0.1) is 0 Å². The van der Waals surface area contributed by atoms with E-state index in [2.05, 4.69) is 30.3 Å². The molecule has 1 aliphatic rings. The minimum atomic E-state index is -0.259. The molecule has 0 unspecified atom stereocenters. The quantitative estimate of drug-likeness (QED) is 0.579. The molecule has 26 heavy (non-hydrogen) atoms. The molecule has 0 N–H and O–H groups in total. The van der Waals surface area contributed by atoms with Crippen molar-refractivity contribution in [2.24, 2.45) is 0 Å². The zero-order valence-electron chi connectivity index (χ0n) is 15.8. The monoisotopic (exact) mass is 431 g/mol. The number of quaternary nitrogens is 1. The van der Waals surface area contributed by atoms with Gasteiger partial charge in [0.2, 0.25) is 0 Å². The summed E-state index contributed by atoms with van der Waals surface area (Å²) in [5, 5.41) is 0. The summed E-state index contributed by atoms with van der Waals surface area (Å²) in [4.78, 5) is 0. The van der Waals surface area contributed by atoms with Crippen LogP contribution in [0.15, 0.2) is 48.5 Å². The molecule has 0 spiro atoms. The maximum Gasteiger partial charge on any atom is 0.165 e. The van der Waals surface area contributed by atoms with Crippen LogP contribution in [0.3, 0.4) is 0 Å². The molecule has 1 heterocycles. The van der Waals surface area contributed by atoms with Gasteiger partial charge in [0, 0.05) is 38.3 Å². The van der Waals surface area contributed by atoms with Gasteiger partial charge in [-0.2, -0.15) is 0 Å². The number of rotatable bonds is 6. The van der Waals surface area contributed by atoms with Gasteiger partial charge in [0.15, 0.2) is 11.6 Å². The van der Waals surface area contributed by atoms with Crippen molar-refractivity contribution in [1.82, 2.24) is 0 Å². The number of hydrogen-bond acceptors (Lipinski definition) is 1. The van der Waals surface area contributed by atoms with Crippen molar-refractivity contribution in [2.45, 2.75) is 39.2 Å². The maximum atomic E-state index is 14.0. The van der Waals surface area contributed by atoms with Crippen LogP contribution in [-0.4, -0.2) is 30.7 Å². The minimum Gasteiger partial charge on any atom is -0.484 e. The molecule has 2 aromatic carbocycles. The Morgan fingerprint density at radius 1 is 0.923 bits per heavy atom. The van der Waals surface area contributed by atoms with Gasteiger partial charge < -0.3 is 9.22 Å². The summed E-state index contributed by atoms with van der Waals surface area (Å²) >= 11 is 0. The Labute approximate surface area is 182 Å². The van der Waals surface area contributed by atoms with E-state index in [4.69, 9.17) is 4.74 Å². The third kappa shape index (κ3) is 5.87. The van der Waals surface area contributed by atoms with Crippen molar-refractivity contribution in [3.05, 3.63) is 65.5 Å². The van der Waals surface area contributed by atoms with Crippen molar-refractivity contribution in [1.29, 1.82) is 0 Å². The first kappa shape index (κ1) is 21.5. The van der Waals surface area contributed by atoms with Gasteiger partial charge >= 0.3 is 0 Å². The molecule has 3 rings (SSSR count). The second-order valence-electron chi connectivity index (χ2n) is 7.30. The molecule has 4 heteroatoms. The average molecular weight is 431 g/mol. The van der Waals surface area contributed by atoms with Crippen molar-refractivity contribution in [2.75, 3.05) is 26.2 Å². The largest absolute Gasteiger partial charge is 0.484 e. The van der Waals surface area contributed by atoms with E-state index in [9.17, 15) is 4.39 Å². The zero-order valence-corrected chi connectivity index (χ0v) is 18.6. The SMILES string of the molecule is Cc1cccc(F)c1OCC[N+]1(Cc2ccccc2)CCCCCC1.[Y]. The third-order valence-electron chi connectivity index (χ3n) is 5.35. The number of aryl methyl sites for hydroxylation is 1. The number of ether oxygens (including phenoxy) is 1. The van der Waals surface area contributed by atoms with Crippen LogP contribution in [0.1, 0.15) is 36.8 Å². The Morgan fingerprint density at radius 2 is 1.62 bits per heavy atom. The molecule has 1 aliphatic heterocycles. The van der Waals surface area contributed by atoms with Crippen LogP contribution >= 0.6 is 0 Å². The minimum absolute atomic E-state index is 0. The van der Waals surface area contributed by atoms with Crippen molar-refractivity contribution < 1.29 is 46.3 Å². The number of halogens is 1. The van der Waals surface area contributed by atoms with E-state index in [1.54, 1.807) is 6.07 Å². The van der Waals surface area contributed by atoms with Crippen LogP contribution in [0.4, 0.5) is 4.39 Å². The number of para-hydroxylation sites is 1. The van der Waals surface area contributed by atoms with Gasteiger partial charge in [-0.25, -0.2) is 4.39 Å². The van der Waals surface area contributed by atoms with E-state index in [0.717, 1.165) is 23.1 Å². The molecule has 0 amide bonds. The number of hydrogen-bond donors (Lipinski definition) is 0. The average Bonchev–Trinajstić information content (AvgIpc) is 2.84. The van der Waals surface area contributed by atoms with Crippen LogP contribution in [0.25, 0.3) is 0 Å². The first-order valence-corrected chi connectivity index (χ1v) is 9.45. The van der Waals surface area contributed by atoms with Gasteiger partial charge in [-0.3, -0.25) is 0 Å². The van der Waals surface area contributed by atoms with E-state index in [0.29, 0.717) is 12.4 Å². The predicted molar refractivity (Wildman–Crippen MR) is 100 cm³/mol. The molecule has 0 bridgehead atoms. The van der Waals surface area contributed by atoms with Crippen LogP contribution in [0, 0.1) is 12.7 Å². The fraction of sp³-hybridized carbons (Fsp3) is 0.455. The number of nitrogens with zero attached hydrogens (tertiary/aromatic N) is 1. The molecular formula is C22H29FNOY+. The summed E-state index contributed by atoms with van der Waals surface area (Å²) in [5.41, 5.74) is 2.25. The van der Waals surface area contributed by atoms with E-state index in [1.807, 2.05) is 13.0 Å². The summed E-state index contributed by atoms with van der Waals surface area (Å²) in [7, 11) is 0. The van der Waals surface area contributed by atoms with E-state index < -0.39 is 0 Å². The summed E-state index contributed by atoms with van der Waals surface area (Å²) in [6.07, 6.45) is 5.18. The first-order chi connectivity index (χ1) is 12.2. The fourth-order valence-corrected chi connectivity index (χ4v) is 3.93. The maximum absolute atomic E-state index is 14.0. The molecule has 2 aromatic rings. The van der Waals surface area contributed by atoms with E-state index in [-0.39, 0.29) is 38.5 Å². The van der Waals surface area contributed by atoms with Crippen molar-refractivity contribution in [3.8, 4) is 5.75 Å². The molecule has 1 fully saturated rings. The Morgan fingerprint density at radius 3 is 2.27 bits per heavy atom. The van der Waals surface area contributed by atoms with Crippen molar-refractivity contribution >= 4 is 0 Å². The van der Waals surface area contributed by atoms with Gasteiger partial charge in [0.05, 0.1) is 13.1 Å². The summed E-state index contributed by atoms with van der Waals surface area (Å²) in [6, 6.07) is 15.8. The number of benzene rings is 2. The standard InChI is InChI=1S/C22H29FNO.Y/c1-19-10-9-13-21(23)22(19)25-17-16-24(14-7-2-3-8-15-24)18-20-11-5-4-6-12-20;/h4-6,9-13H,2-3,7-8,14-18H2,1H3;/q+1;. The van der Waals surface area contributed by atoms with Gasteiger partial charge in [0.25, 0.3) is 0 Å². The topological polar surface area (TPSA) is 9.23 Å². The van der Waals surface area contributed by atoms with Gasteiger partial charge in [-0.1, -0.05) is 42.5 Å². The normalized spacial score (nSPS) is 16.4. The molecule has 0 saturated carbocycles. The van der Waals surface area contributed by atoms with Crippen LogP contribution < -0.4 is 4.74 Å². The Balaban J connectivity index is 0.00000243. The Bertz CT molecular complexity index is 649. The Kier molecular flexibility index (Phi) is 8.73. The van der Waals surface area contributed by atoms with Crippen LogP contribution in [0.2, 0.25) is 0 Å². The molecule has 0 atom stereocenters. The summed E-state index contributed by atoms with van der Waals surface area (Å²) < 4.78 is 20.9. The molecule has 137 valence electrons. The summed E-state index contributed by atoms with van der Waals surface area (Å²) in [6.45, 7) is 6.82. The third-order valence-corrected chi connectivity index (χ3v) is 5.35. The van der Waals surface area contributed by atoms with E-state index >= 15 is 0 Å². The van der Waals surface area contributed by atoms with Crippen molar-refractivity contribution in [3.63, 3.8) is 0 Å². The van der Waals surface area contributed by atoms with Crippen LogP contribution in [0.5, 0.6) is 5.75 Å². The smallest absolute Gasteiger partial charge is 0.165 e. The first-order valence-electron chi connectivity index (χ1n) is 9.45. The van der Waals surface area contributed by atoms with Gasteiger partial charge in [-0.05, 0) is 44.2 Å². The second-order valence-corrected chi connectivity index (χ2v) is 7.30. The van der Waals surface area contributed by atoms with Gasteiger partial charge in [0.1, 0.15) is 19.7 Å². The molecule has 2 nitrogen and oxygen atoms in total. The van der Waals surface area contributed by atoms with Crippen LogP contribution in [-0.2, 0) is 39.3 Å². The predicted octanol–water partition coefficient (Wildman–Crippen LogP) is 5.10. The van der Waals surface area contributed by atoms with E-state index in [1.165, 1.54) is 50.4 Å². The molecule has 0 aromatic heterocycles. The molecule has 1 radical (unpaired) electrons. The molecular weight excluding hydrogens is 402 g/mol. The number of likely N-dealkylation sites (tertiary alicyclic amines) is 1. The fourth-order valence-electron chi connectivity index (χ4n) is 3.93.